The van der Waals surface area contributed by atoms with Gasteiger partial charge in [-0.3, -0.25) is 0 Å². The topological polar surface area (TPSA) is 52.6 Å². The second-order valence-corrected chi connectivity index (χ2v) is 7.81. The Bertz CT molecular complexity index is 1000. The number of fused-ring (bicyclic) bond motifs is 2. The van der Waals surface area contributed by atoms with Crippen LogP contribution in [0.4, 0.5) is 0 Å². The summed E-state index contributed by atoms with van der Waals surface area (Å²) in [7, 11) is 0. The number of benzene rings is 2. The molecule has 4 nitrogen and oxygen atoms in total. The first-order chi connectivity index (χ1) is 13.8. The van der Waals surface area contributed by atoms with E-state index in [9.17, 15) is 9.59 Å². The number of ether oxygens (including phenoxy) is 2. The zero-order valence-corrected chi connectivity index (χ0v) is 17.5. The van der Waals surface area contributed by atoms with Crippen LogP contribution in [-0.4, -0.2) is 11.9 Å². The van der Waals surface area contributed by atoms with Gasteiger partial charge in [-0.05, 0) is 45.4 Å². The van der Waals surface area contributed by atoms with E-state index in [4.69, 9.17) is 9.47 Å². The minimum atomic E-state index is -0.443. The maximum atomic E-state index is 12.4. The molecular weight excluding hydrogens is 364 g/mol. The molecule has 0 bridgehead atoms. The van der Waals surface area contributed by atoms with Gasteiger partial charge >= 0.3 is 11.9 Å². The number of carbonyl (C=O) groups excluding carboxylic acids is 2. The Hall–Kier alpha value is -2.88. The van der Waals surface area contributed by atoms with E-state index < -0.39 is 11.9 Å². The van der Waals surface area contributed by atoms with Crippen molar-refractivity contribution < 1.29 is 19.1 Å². The third-order valence-electron chi connectivity index (χ3n) is 5.37. The van der Waals surface area contributed by atoms with Crippen molar-refractivity contribution in [2.75, 3.05) is 0 Å². The Morgan fingerprint density at radius 1 is 1.00 bits per heavy atom. The van der Waals surface area contributed by atoms with Crippen LogP contribution in [-0.2, 0) is 16.0 Å². The lowest BCUT2D eigenvalue weighted by molar-refractivity contribution is -0.131. The van der Waals surface area contributed by atoms with E-state index in [1.807, 2.05) is 24.3 Å². The van der Waals surface area contributed by atoms with Crippen molar-refractivity contribution in [2.45, 2.75) is 58.8 Å². The molecule has 1 aliphatic rings. The molecule has 1 aliphatic carbocycles. The monoisotopic (exact) mass is 392 g/mol. The molecule has 0 saturated carbocycles. The van der Waals surface area contributed by atoms with Gasteiger partial charge in [0, 0.05) is 33.0 Å². The molecule has 1 unspecified atom stereocenters. The Labute approximate surface area is 172 Å². The molecule has 1 atom stereocenters. The highest BCUT2D eigenvalue weighted by atomic mass is 16.5. The standard InChI is InChI=1S/C25H28O4/c1-6-10-17-11-9-14-20-21(17)23(29-25(27)16(4)5)19-13-8-7-12-18(19)22(20)28-24(26)15(2)3/h7-8,12-13,17H,2,4,6,9-11,14H2,1,3,5H3. The summed E-state index contributed by atoms with van der Waals surface area (Å²) in [6.07, 6.45) is 4.80. The molecule has 0 aromatic heterocycles. The molecule has 0 heterocycles. The van der Waals surface area contributed by atoms with Crippen LogP contribution in [0.3, 0.4) is 0 Å². The SMILES string of the molecule is C=C(C)C(=O)Oc1c2c(c(OC(=O)C(=C)C)c3ccccc13)C(CCC)CCC2. The Morgan fingerprint density at radius 3 is 2.10 bits per heavy atom. The first-order valence-corrected chi connectivity index (χ1v) is 10.2. The highest BCUT2D eigenvalue weighted by molar-refractivity contribution is 6.01. The van der Waals surface area contributed by atoms with Crippen LogP contribution in [0.15, 0.2) is 48.6 Å². The van der Waals surface area contributed by atoms with Crippen molar-refractivity contribution in [1.82, 2.24) is 0 Å². The zero-order valence-electron chi connectivity index (χ0n) is 17.5. The molecule has 3 rings (SSSR count). The van der Waals surface area contributed by atoms with Crippen molar-refractivity contribution in [3.63, 3.8) is 0 Å². The van der Waals surface area contributed by atoms with Crippen molar-refractivity contribution in [3.8, 4) is 11.5 Å². The van der Waals surface area contributed by atoms with Gasteiger partial charge < -0.3 is 9.47 Å². The summed E-state index contributed by atoms with van der Waals surface area (Å²) in [5.74, 6) is 0.520. The van der Waals surface area contributed by atoms with Gasteiger partial charge in [-0.25, -0.2) is 9.59 Å². The molecule has 0 radical (unpaired) electrons. The molecule has 2 aromatic rings. The third kappa shape index (κ3) is 4.12. The molecule has 0 amide bonds. The lowest BCUT2D eigenvalue weighted by Gasteiger charge is -2.30. The van der Waals surface area contributed by atoms with Gasteiger partial charge in [0.2, 0.25) is 0 Å². The fraction of sp³-hybridized carbons (Fsp3) is 0.360. The van der Waals surface area contributed by atoms with E-state index in [-0.39, 0.29) is 5.92 Å². The number of esters is 2. The van der Waals surface area contributed by atoms with Gasteiger partial charge in [0.25, 0.3) is 0 Å². The van der Waals surface area contributed by atoms with Crippen molar-refractivity contribution >= 4 is 22.7 Å². The van der Waals surface area contributed by atoms with Crippen LogP contribution in [0, 0.1) is 0 Å². The normalized spacial score (nSPS) is 15.5. The first kappa shape index (κ1) is 20.8. The summed E-state index contributed by atoms with van der Waals surface area (Å²) < 4.78 is 11.7. The molecule has 0 saturated heterocycles. The molecule has 0 N–H and O–H groups in total. The molecule has 0 fully saturated rings. The highest BCUT2D eigenvalue weighted by Gasteiger charge is 2.31. The predicted octanol–water partition coefficient (Wildman–Crippen LogP) is 6.02. The van der Waals surface area contributed by atoms with E-state index in [0.717, 1.165) is 54.0 Å². The van der Waals surface area contributed by atoms with E-state index >= 15 is 0 Å². The quantitative estimate of drug-likeness (QED) is 0.342. The lowest BCUT2D eigenvalue weighted by Crippen LogP contribution is -2.19. The molecule has 29 heavy (non-hydrogen) atoms. The average Bonchev–Trinajstić information content (AvgIpc) is 2.70. The maximum Gasteiger partial charge on any atom is 0.338 e. The molecule has 152 valence electrons. The number of carbonyl (C=O) groups is 2. The number of hydrogen-bond acceptors (Lipinski definition) is 4. The van der Waals surface area contributed by atoms with Gasteiger partial charge in [0.05, 0.1) is 0 Å². The van der Waals surface area contributed by atoms with Crippen LogP contribution in [0.1, 0.15) is 63.5 Å². The van der Waals surface area contributed by atoms with Crippen LogP contribution in [0.2, 0.25) is 0 Å². The first-order valence-electron chi connectivity index (χ1n) is 10.2. The Balaban J connectivity index is 2.32. The van der Waals surface area contributed by atoms with Gasteiger partial charge in [-0.2, -0.15) is 0 Å². The molecule has 2 aromatic carbocycles. The minimum Gasteiger partial charge on any atom is -0.422 e. The highest BCUT2D eigenvalue weighted by Crippen LogP contribution is 2.49. The predicted molar refractivity (Wildman–Crippen MR) is 115 cm³/mol. The fourth-order valence-corrected chi connectivity index (χ4v) is 4.02. The summed E-state index contributed by atoms with van der Waals surface area (Å²) in [5, 5.41) is 1.54. The van der Waals surface area contributed by atoms with Crippen LogP contribution in [0.25, 0.3) is 10.8 Å². The smallest absolute Gasteiger partial charge is 0.338 e. The van der Waals surface area contributed by atoms with Gasteiger partial charge in [0.15, 0.2) is 0 Å². The van der Waals surface area contributed by atoms with Crippen LogP contribution < -0.4 is 9.47 Å². The number of rotatable bonds is 6. The third-order valence-corrected chi connectivity index (χ3v) is 5.37. The summed E-state index contributed by atoms with van der Waals surface area (Å²) in [6, 6.07) is 7.60. The van der Waals surface area contributed by atoms with Crippen molar-refractivity contribution in [2.24, 2.45) is 0 Å². The van der Waals surface area contributed by atoms with E-state index in [2.05, 4.69) is 20.1 Å². The molecule has 4 heteroatoms. The summed E-state index contributed by atoms with van der Waals surface area (Å²) in [5.41, 5.74) is 2.66. The summed E-state index contributed by atoms with van der Waals surface area (Å²) in [6.45, 7) is 12.9. The van der Waals surface area contributed by atoms with E-state index in [1.54, 1.807) is 13.8 Å². The van der Waals surface area contributed by atoms with Gasteiger partial charge in [-0.15, -0.1) is 0 Å². The minimum absolute atomic E-state index is 0.253. The summed E-state index contributed by atoms with van der Waals surface area (Å²) in [4.78, 5) is 24.8. The Kier molecular flexibility index (Phi) is 6.21. The molecular formula is C25H28O4. The van der Waals surface area contributed by atoms with Crippen LogP contribution in [0.5, 0.6) is 11.5 Å². The lowest BCUT2D eigenvalue weighted by atomic mass is 9.78. The fourth-order valence-electron chi connectivity index (χ4n) is 4.02. The van der Waals surface area contributed by atoms with E-state index in [0.29, 0.717) is 22.6 Å². The number of hydrogen-bond donors (Lipinski definition) is 0. The molecule has 0 aliphatic heterocycles. The Morgan fingerprint density at radius 2 is 1.55 bits per heavy atom. The van der Waals surface area contributed by atoms with Gasteiger partial charge in [-0.1, -0.05) is 50.8 Å². The van der Waals surface area contributed by atoms with Gasteiger partial charge in [0.1, 0.15) is 11.5 Å². The maximum absolute atomic E-state index is 12.4. The van der Waals surface area contributed by atoms with Crippen molar-refractivity contribution in [1.29, 1.82) is 0 Å². The van der Waals surface area contributed by atoms with E-state index in [1.165, 1.54) is 0 Å². The van der Waals surface area contributed by atoms with Crippen LogP contribution >= 0.6 is 0 Å². The largest absolute Gasteiger partial charge is 0.422 e. The molecule has 0 spiro atoms. The second-order valence-electron chi connectivity index (χ2n) is 7.81. The second kappa shape index (κ2) is 8.64. The average molecular weight is 392 g/mol. The van der Waals surface area contributed by atoms with Crippen molar-refractivity contribution in [3.05, 3.63) is 59.7 Å². The summed E-state index contributed by atoms with van der Waals surface area (Å²) >= 11 is 0. The zero-order chi connectivity index (χ0) is 21.1.